The van der Waals surface area contributed by atoms with Crippen molar-refractivity contribution in [3.63, 3.8) is 0 Å². The van der Waals surface area contributed by atoms with Crippen LogP contribution in [-0.2, 0) is 0 Å². The van der Waals surface area contributed by atoms with Gasteiger partial charge in [0.1, 0.15) is 0 Å². The van der Waals surface area contributed by atoms with Crippen LogP contribution < -0.4 is 10.0 Å². The molecule has 3 aromatic rings. The Morgan fingerprint density at radius 2 is 1.88 bits per heavy atom. The van der Waals surface area contributed by atoms with Crippen molar-refractivity contribution in [3.8, 4) is 0 Å². The van der Waals surface area contributed by atoms with E-state index in [0.29, 0.717) is 28.7 Å². The molecule has 130 valence electrons. The summed E-state index contributed by atoms with van der Waals surface area (Å²) < 4.78 is 1.02. The zero-order chi connectivity index (χ0) is 18.0. The predicted octanol–water partition coefficient (Wildman–Crippen LogP) is 2.79. The van der Waals surface area contributed by atoms with Gasteiger partial charge in [0.15, 0.2) is 5.39 Å². The molecule has 2 aromatic carbocycles. The number of benzene rings is 2. The van der Waals surface area contributed by atoms with Crippen LogP contribution >= 0.6 is 0 Å². The van der Waals surface area contributed by atoms with Crippen molar-refractivity contribution < 1.29 is 14.9 Å². The number of anilines is 1. The third-order valence-corrected chi connectivity index (χ3v) is 4.18. The van der Waals surface area contributed by atoms with Crippen molar-refractivity contribution in [1.29, 1.82) is 0 Å². The van der Waals surface area contributed by atoms with Crippen molar-refractivity contribution >= 4 is 33.2 Å². The Morgan fingerprint density at radius 3 is 2.60 bits per heavy atom. The minimum atomic E-state index is -0.415. The zero-order valence-electron chi connectivity index (χ0n) is 14.3. The van der Waals surface area contributed by atoms with Gasteiger partial charge in [0.2, 0.25) is 0 Å². The van der Waals surface area contributed by atoms with Crippen LogP contribution in [0.2, 0.25) is 0 Å². The second-order valence-corrected chi connectivity index (χ2v) is 6.22. The lowest BCUT2D eigenvalue weighted by Gasteiger charge is -2.13. The highest BCUT2D eigenvalue weighted by Gasteiger charge is 2.26. The Morgan fingerprint density at radius 1 is 1.16 bits per heavy atom. The van der Waals surface area contributed by atoms with E-state index in [9.17, 15) is 15.3 Å². The summed E-state index contributed by atoms with van der Waals surface area (Å²) in [6.45, 7) is 1.59. The fraction of sp³-hybridized carbons (Fsp3) is 0.278. The van der Waals surface area contributed by atoms with Crippen molar-refractivity contribution in [2.24, 2.45) is 0 Å². The van der Waals surface area contributed by atoms with Crippen molar-refractivity contribution in [3.05, 3.63) is 52.6 Å². The third kappa shape index (κ3) is 3.18. The van der Waals surface area contributed by atoms with E-state index < -0.39 is 4.92 Å². The lowest BCUT2D eigenvalue weighted by molar-refractivity contribution is -0.864. The lowest BCUT2D eigenvalue weighted by atomic mass is 10.1. The number of rotatable bonds is 6. The van der Waals surface area contributed by atoms with Crippen LogP contribution in [0.25, 0.3) is 21.8 Å². The van der Waals surface area contributed by atoms with Crippen LogP contribution in [0.1, 0.15) is 6.42 Å². The molecule has 0 saturated carbocycles. The second-order valence-electron chi connectivity index (χ2n) is 6.22. The quantitative estimate of drug-likeness (QED) is 0.180. The van der Waals surface area contributed by atoms with Gasteiger partial charge in [-0.25, -0.2) is 0 Å². The Kier molecular flexibility index (Phi) is 4.67. The van der Waals surface area contributed by atoms with Crippen molar-refractivity contribution in [2.45, 2.75) is 6.42 Å². The first kappa shape index (κ1) is 16.9. The number of nitro groups is 1. The molecule has 3 rings (SSSR count). The Hall–Kier alpha value is -2.93. The average molecular weight is 341 g/mol. The van der Waals surface area contributed by atoms with E-state index in [1.165, 1.54) is 6.07 Å². The molecule has 1 heterocycles. The maximum absolute atomic E-state index is 11.5. The summed E-state index contributed by atoms with van der Waals surface area (Å²) in [6, 6.07) is 12.0. The number of pyridine rings is 1. The van der Waals surface area contributed by atoms with Crippen LogP contribution in [0.5, 0.6) is 0 Å². The van der Waals surface area contributed by atoms with E-state index in [1.54, 1.807) is 18.2 Å². The third-order valence-electron chi connectivity index (χ3n) is 4.18. The summed E-state index contributed by atoms with van der Waals surface area (Å²) in [4.78, 5) is 13.2. The molecule has 7 heteroatoms. The van der Waals surface area contributed by atoms with E-state index >= 15 is 0 Å². The van der Waals surface area contributed by atoms with Gasteiger partial charge in [0, 0.05) is 29.5 Å². The maximum atomic E-state index is 11.5. The SMILES string of the molecule is CN(C)CCCNc1c2ccccc2[n+](O)c2cccc([N+](=O)[O-])c12. The van der Waals surface area contributed by atoms with Crippen LogP contribution in [0, 0.1) is 10.1 Å². The van der Waals surface area contributed by atoms with E-state index in [-0.39, 0.29) is 5.69 Å². The Labute approximate surface area is 145 Å². The minimum Gasteiger partial charge on any atom is -0.383 e. The molecule has 2 N–H and O–H groups in total. The highest BCUT2D eigenvalue weighted by atomic mass is 16.6. The Balaban J connectivity index is 2.21. The number of non-ortho nitro benzene ring substituents is 1. The van der Waals surface area contributed by atoms with E-state index in [4.69, 9.17) is 0 Å². The number of nitrogens with one attached hydrogen (secondary N) is 1. The van der Waals surface area contributed by atoms with E-state index in [0.717, 1.165) is 23.1 Å². The fourth-order valence-corrected chi connectivity index (χ4v) is 3.04. The predicted molar refractivity (Wildman–Crippen MR) is 97.1 cm³/mol. The smallest absolute Gasteiger partial charge is 0.285 e. The van der Waals surface area contributed by atoms with Gasteiger partial charge >= 0.3 is 0 Å². The van der Waals surface area contributed by atoms with E-state index in [2.05, 4.69) is 10.2 Å². The molecule has 0 atom stereocenters. The first-order chi connectivity index (χ1) is 12.0. The normalized spacial score (nSPS) is 11.3. The fourth-order valence-electron chi connectivity index (χ4n) is 3.04. The molecular formula is C18H21N4O3+. The number of para-hydroxylation sites is 1. The largest absolute Gasteiger partial charge is 0.383 e. The topological polar surface area (TPSA) is 82.5 Å². The minimum absolute atomic E-state index is 0.0267. The van der Waals surface area contributed by atoms with Gasteiger partial charge < -0.3 is 10.2 Å². The number of hydrogen-bond acceptors (Lipinski definition) is 5. The average Bonchev–Trinajstić information content (AvgIpc) is 2.60. The molecular weight excluding hydrogens is 320 g/mol. The van der Waals surface area contributed by atoms with Gasteiger partial charge in [-0.15, -0.1) is 0 Å². The first-order valence-electron chi connectivity index (χ1n) is 8.12. The molecule has 0 bridgehead atoms. The molecule has 0 aliphatic heterocycles. The molecule has 0 saturated heterocycles. The van der Waals surface area contributed by atoms with Crippen LogP contribution in [0.15, 0.2) is 42.5 Å². The monoisotopic (exact) mass is 341 g/mol. The molecule has 7 nitrogen and oxygen atoms in total. The van der Waals surface area contributed by atoms with Crippen LogP contribution in [0.4, 0.5) is 11.4 Å². The Bertz CT molecular complexity index is 940. The molecule has 0 unspecified atom stereocenters. The summed E-state index contributed by atoms with van der Waals surface area (Å²) in [6.07, 6.45) is 0.900. The summed E-state index contributed by atoms with van der Waals surface area (Å²) in [7, 11) is 4.01. The standard InChI is InChI=1S/C18H20N4O3/c1-20(2)12-6-11-19-18-13-7-3-4-8-14(13)21(23)15-9-5-10-16(17(15)18)22(24)25/h3-5,7-10,23H,6,11-12H2,1-2H3/p+1. The van der Waals surface area contributed by atoms with Gasteiger partial charge in [-0.1, -0.05) is 12.1 Å². The first-order valence-corrected chi connectivity index (χ1v) is 8.12. The van der Waals surface area contributed by atoms with Gasteiger partial charge in [-0.05, 0) is 39.2 Å². The highest BCUT2D eigenvalue weighted by Crippen LogP contribution is 2.35. The van der Waals surface area contributed by atoms with Crippen LogP contribution in [0.3, 0.4) is 0 Å². The van der Waals surface area contributed by atoms with Gasteiger partial charge in [0.05, 0.1) is 16.0 Å². The van der Waals surface area contributed by atoms with Crippen molar-refractivity contribution in [2.75, 3.05) is 32.5 Å². The summed E-state index contributed by atoms with van der Waals surface area (Å²) in [5.41, 5.74) is 1.66. The molecule has 0 fully saturated rings. The molecule has 1 aromatic heterocycles. The highest BCUT2D eigenvalue weighted by molar-refractivity contribution is 6.08. The molecule has 25 heavy (non-hydrogen) atoms. The summed E-state index contributed by atoms with van der Waals surface area (Å²) >= 11 is 0. The zero-order valence-corrected chi connectivity index (χ0v) is 14.3. The van der Waals surface area contributed by atoms with Crippen LogP contribution in [-0.4, -0.2) is 42.2 Å². The lowest BCUT2D eigenvalue weighted by Crippen LogP contribution is -2.32. The number of nitrogens with zero attached hydrogens (tertiary/aromatic N) is 3. The van der Waals surface area contributed by atoms with Gasteiger partial charge in [0.25, 0.3) is 16.7 Å². The number of hydrogen-bond donors (Lipinski definition) is 2. The summed E-state index contributed by atoms with van der Waals surface area (Å²) in [5.74, 6) is 0. The van der Waals surface area contributed by atoms with E-state index in [1.807, 2.05) is 32.3 Å². The molecule has 0 spiro atoms. The molecule has 0 aliphatic rings. The van der Waals surface area contributed by atoms with Gasteiger partial charge in [-0.3, -0.25) is 15.3 Å². The second kappa shape index (κ2) is 6.90. The number of aromatic nitrogens is 1. The maximum Gasteiger partial charge on any atom is 0.285 e. The molecule has 0 radical (unpaired) electrons. The van der Waals surface area contributed by atoms with Crippen molar-refractivity contribution in [1.82, 2.24) is 4.90 Å². The molecule has 0 amide bonds. The van der Waals surface area contributed by atoms with Gasteiger partial charge in [-0.2, -0.15) is 0 Å². The summed E-state index contributed by atoms with van der Waals surface area (Å²) in [5, 5.41) is 26.6. The number of nitro benzene ring substituents is 1. The molecule has 0 aliphatic carbocycles. The number of fused-ring (bicyclic) bond motifs is 2.